The van der Waals surface area contributed by atoms with Crippen LogP contribution in [0.25, 0.3) is 0 Å². The number of hydrogen-bond acceptors (Lipinski definition) is 6. The zero-order valence-corrected chi connectivity index (χ0v) is 16.3. The second-order valence-corrected chi connectivity index (χ2v) is 6.57. The molecule has 0 atom stereocenters. The van der Waals surface area contributed by atoms with E-state index in [1.807, 2.05) is 0 Å². The number of hydrogen-bond donors (Lipinski definition) is 1. The van der Waals surface area contributed by atoms with E-state index in [0.29, 0.717) is 0 Å². The van der Waals surface area contributed by atoms with E-state index in [2.05, 4.69) is 5.32 Å². The number of alkyl halides is 2. The quantitative estimate of drug-likeness (QED) is 0.349. The third-order valence-corrected chi connectivity index (χ3v) is 4.73. The molecule has 7 nitrogen and oxygen atoms in total. The molecule has 0 radical (unpaired) electrons. The minimum atomic E-state index is -2.77. The Morgan fingerprint density at radius 1 is 1.36 bits per heavy atom. The van der Waals surface area contributed by atoms with Crippen molar-refractivity contribution in [2.24, 2.45) is 0 Å². The maximum absolute atomic E-state index is 12.8. The van der Waals surface area contributed by atoms with Crippen LogP contribution in [0.15, 0.2) is 35.2 Å². The average Bonchev–Trinajstić information content (AvgIpc) is 2.64. The number of ether oxygens (including phenoxy) is 2. The van der Waals surface area contributed by atoms with Crippen LogP contribution in [0.5, 0.6) is 11.5 Å². The van der Waals surface area contributed by atoms with Crippen LogP contribution in [0.3, 0.4) is 0 Å². The second-order valence-electron chi connectivity index (χ2n) is 5.16. The van der Waals surface area contributed by atoms with Crippen molar-refractivity contribution in [2.45, 2.75) is 17.6 Å². The van der Waals surface area contributed by atoms with Crippen molar-refractivity contribution in [1.29, 1.82) is 0 Å². The first-order valence-corrected chi connectivity index (χ1v) is 9.08. The molecule has 0 aliphatic heterocycles. The number of nitro benzene ring substituents is 1. The van der Waals surface area contributed by atoms with Crippen molar-refractivity contribution in [3.8, 4) is 11.5 Å². The third kappa shape index (κ3) is 5.02. The SMILES string of the molecule is CCOc1cc(C(=O)Nc2cccc(Cl)c2SC(F)F)c([N+](=O)[O-])cc1OC. The molecule has 1 amide bonds. The van der Waals surface area contributed by atoms with Crippen LogP contribution in [-0.4, -0.2) is 30.3 Å². The molecule has 2 aromatic carbocycles. The van der Waals surface area contributed by atoms with Crippen molar-refractivity contribution in [3.05, 3.63) is 51.0 Å². The molecule has 150 valence electrons. The molecule has 0 aromatic heterocycles. The van der Waals surface area contributed by atoms with Crippen LogP contribution in [0.2, 0.25) is 5.02 Å². The van der Waals surface area contributed by atoms with Crippen LogP contribution < -0.4 is 14.8 Å². The van der Waals surface area contributed by atoms with Crippen LogP contribution >= 0.6 is 23.4 Å². The largest absolute Gasteiger partial charge is 0.493 e. The zero-order valence-electron chi connectivity index (χ0n) is 14.7. The van der Waals surface area contributed by atoms with Gasteiger partial charge in [-0.2, -0.15) is 8.78 Å². The highest BCUT2D eigenvalue weighted by Crippen LogP contribution is 2.39. The molecule has 28 heavy (non-hydrogen) atoms. The summed E-state index contributed by atoms with van der Waals surface area (Å²) >= 11 is 6.10. The van der Waals surface area contributed by atoms with Gasteiger partial charge in [0.15, 0.2) is 11.5 Å². The summed E-state index contributed by atoms with van der Waals surface area (Å²) in [5.74, 6) is -3.43. The Morgan fingerprint density at radius 3 is 2.64 bits per heavy atom. The topological polar surface area (TPSA) is 90.7 Å². The summed E-state index contributed by atoms with van der Waals surface area (Å²) in [4.78, 5) is 23.3. The van der Waals surface area contributed by atoms with Gasteiger partial charge < -0.3 is 14.8 Å². The molecular formula is C17H15ClF2N2O5S. The highest BCUT2D eigenvalue weighted by molar-refractivity contribution is 7.99. The molecule has 0 fully saturated rings. The van der Waals surface area contributed by atoms with Crippen LogP contribution in [0.4, 0.5) is 20.2 Å². The minimum Gasteiger partial charge on any atom is -0.493 e. The molecule has 0 saturated heterocycles. The van der Waals surface area contributed by atoms with Crippen molar-refractivity contribution in [3.63, 3.8) is 0 Å². The Kier molecular flexibility index (Phi) is 7.41. The molecule has 11 heteroatoms. The lowest BCUT2D eigenvalue weighted by Gasteiger charge is -2.14. The van der Waals surface area contributed by atoms with Crippen molar-refractivity contribution in [2.75, 3.05) is 19.0 Å². The molecule has 0 aliphatic carbocycles. The number of methoxy groups -OCH3 is 1. The van der Waals surface area contributed by atoms with E-state index >= 15 is 0 Å². The minimum absolute atomic E-state index is 0.00544. The number of rotatable bonds is 8. The van der Waals surface area contributed by atoms with Crippen molar-refractivity contribution in [1.82, 2.24) is 0 Å². The number of thioether (sulfide) groups is 1. The number of nitro groups is 1. The van der Waals surface area contributed by atoms with Gasteiger partial charge in [-0.15, -0.1) is 0 Å². The molecule has 2 rings (SSSR count). The summed E-state index contributed by atoms with van der Waals surface area (Å²) in [6.07, 6.45) is 0. The van der Waals surface area contributed by atoms with Gasteiger partial charge in [-0.1, -0.05) is 29.4 Å². The van der Waals surface area contributed by atoms with Gasteiger partial charge in [-0.05, 0) is 19.1 Å². The standard InChI is InChI=1S/C17H15ClF2N2O5S/c1-3-27-14-7-9(12(22(24)25)8-13(14)26-2)16(23)21-11-6-4-5-10(18)15(11)28-17(19)20/h4-8,17H,3H2,1-2H3,(H,21,23). The van der Waals surface area contributed by atoms with Crippen LogP contribution in [0.1, 0.15) is 17.3 Å². The van der Waals surface area contributed by atoms with Gasteiger partial charge in [0.05, 0.1) is 40.3 Å². The van der Waals surface area contributed by atoms with E-state index in [1.165, 1.54) is 31.4 Å². The first-order chi connectivity index (χ1) is 13.3. The van der Waals surface area contributed by atoms with Crippen molar-refractivity contribution < 1.29 is 28.0 Å². The molecule has 2 aromatic rings. The van der Waals surface area contributed by atoms with Gasteiger partial charge >= 0.3 is 0 Å². The molecule has 0 spiro atoms. The first kappa shape index (κ1) is 21.7. The Balaban J connectivity index is 2.48. The lowest BCUT2D eigenvalue weighted by molar-refractivity contribution is -0.385. The first-order valence-electron chi connectivity index (χ1n) is 7.82. The van der Waals surface area contributed by atoms with E-state index in [-0.39, 0.29) is 51.0 Å². The predicted octanol–water partition coefficient (Wildman–Crippen LogP) is 5.22. The van der Waals surface area contributed by atoms with Crippen LogP contribution in [0, 0.1) is 10.1 Å². The fraction of sp³-hybridized carbons (Fsp3) is 0.235. The molecule has 0 heterocycles. The number of benzene rings is 2. The summed E-state index contributed by atoms with van der Waals surface area (Å²) in [7, 11) is 1.31. The smallest absolute Gasteiger partial charge is 0.289 e. The Morgan fingerprint density at radius 2 is 2.07 bits per heavy atom. The lowest BCUT2D eigenvalue weighted by atomic mass is 10.1. The molecule has 0 unspecified atom stereocenters. The highest BCUT2D eigenvalue weighted by atomic mass is 35.5. The normalized spacial score (nSPS) is 10.6. The molecule has 1 N–H and O–H groups in total. The van der Waals surface area contributed by atoms with Gasteiger partial charge in [-0.25, -0.2) is 0 Å². The number of amides is 1. The van der Waals surface area contributed by atoms with E-state index in [0.717, 1.165) is 6.07 Å². The molecule has 0 saturated carbocycles. The van der Waals surface area contributed by atoms with Gasteiger partial charge in [0, 0.05) is 6.07 Å². The summed E-state index contributed by atoms with van der Waals surface area (Å²) in [5, 5.41) is 13.8. The third-order valence-electron chi connectivity index (χ3n) is 3.45. The van der Waals surface area contributed by atoms with Crippen molar-refractivity contribution >= 4 is 40.6 Å². The van der Waals surface area contributed by atoms with Gasteiger partial charge in [0.1, 0.15) is 5.56 Å². The van der Waals surface area contributed by atoms with Gasteiger partial charge in [0.25, 0.3) is 17.4 Å². The Labute approximate surface area is 168 Å². The Hall–Kier alpha value is -2.59. The van der Waals surface area contributed by atoms with E-state index in [4.69, 9.17) is 21.1 Å². The molecule has 0 bridgehead atoms. The number of halogens is 3. The number of anilines is 1. The number of nitrogens with zero attached hydrogens (tertiary/aromatic N) is 1. The molecular weight excluding hydrogens is 418 g/mol. The van der Waals surface area contributed by atoms with E-state index in [1.54, 1.807) is 6.92 Å². The van der Waals surface area contributed by atoms with Gasteiger partial charge in [0.2, 0.25) is 0 Å². The Bertz CT molecular complexity index is 898. The second kappa shape index (κ2) is 9.56. The number of carbonyl (C=O) groups excluding carboxylic acids is 1. The maximum Gasteiger partial charge on any atom is 0.289 e. The molecule has 0 aliphatic rings. The predicted molar refractivity (Wildman–Crippen MR) is 102 cm³/mol. The maximum atomic E-state index is 12.8. The van der Waals surface area contributed by atoms with Crippen LogP contribution in [-0.2, 0) is 0 Å². The zero-order chi connectivity index (χ0) is 20.8. The number of nitrogens with one attached hydrogen (secondary N) is 1. The monoisotopic (exact) mass is 432 g/mol. The lowest BCUT2D eigenvalue weighted by Crippen LogP contribution is -2.15. The summed E-state index contributed by atoms with van der Waals surface area (Å²) in [5.41, 5.74) is -0.837. The summed E-state index contributed by atoms with van der Waals surface area (Å²) in [6.45, 7) is 1.93. The highest BCUT2D eigenvalue weighted by Gasteiger charge is 2.26. The summed E-state index contributed by atoms with van der Waals surface area (Å²) in [6, 6.07) is 6.45. The number of carbonyl (C=O) groups is 1. The summed E-state index contributed by atoms with van der Waals surface area (Å²) < 4.78 is 36.0. The van der Waals surface area contributed by atoms with E-state index in [9.17, 15) is 23.7 Å². The fourth-order valence-corrected chi connectivity index (χ4v) is 3.23. The van der Waals surface area contributed by atoms with Gasteiger partial charge in [-0.3, -0.25) is 14.9 Å². The van der Waals surface area contributed by atoms with E-state index < -0.39 is 22.3 Å². The fourth-order valence-electron chi connectivity index (χ4n) is 2.32. The average molecular weight is 433 g/mol.